The van der Waals surface area contributed by atoms with Crippen LogP contribution in [0.25, 0.3) is 11.0 Å². The van der Waals surface area contributed by atoms with Crippen LogP contribution >= 0.6 is 0 Å². The first kappa shape index (κ1) is 22.4. The Bertz CT molecular complexity index is 1200. The van der Waals surface area contributed by atoms with Gasteiger partial charge in [-0.3, -0.25) is 4.79 Å². The molecule has 0 spiro atoms. The van der Waals surface area contributed by atoms with Crippen LogP contribution in [-0.2, 0) is 19.4 Å². The number of carbonyl (C=O) groups is 1. The maximum atomic E-state index is 12.5. The topological polar surface area (TPSA) is 65.4 Å². The van der Waals surface area contributed by atoms with Crippen molar-refractivity contribution >= 4 is 16.9 Å². The van der Waals surface area contributed by atoms with Gasteiger partial charge in [-0.25, -0.2) is 4.98 Å². The third-order valence-corrected chi connectivity index (χ3v) is 5.64. The molecule has 4 aromatic rings. The molecule has 0 radical (unpaired) electrons. The van der Waals surface area contributed by atoms with Crippen LogP contribution in [0.1, 0.15) is 28.7 Å². The average Bonchev–Trinajstić information content (AvgIpc) is 3.21. The predicted octanol–water partition coefficient (Wildman–Crippen LogP) is 4.66. The number of rotatable bonds is 10. The van der Waals surface area contributed by atoms with Crippen molar-refractivity contribution in [1.82, 2.24) is 14.9 Å². The Kier molecular flexibility index (Phi) is 7.25. The highest BCUT2D eigenvalue weighted by Crippen LogP contribution is 2.18. The lowest BCUT2D eigenvalue weighted by Crippen LogP contribution is -2.26. The van der Waals surface area contributed by atoms with Crippen molar-refractivity contribution in [3.63, 3.8) is 0 Å². The molecule has 33 heavy (non-hydrogen) atoms. The van der Waals surface area contributed by atoms with Crippen LogP contribution in [0, 0.1) is 0 Å². The predicted molar refractivity (Wildman–Crippen MR) is 130 cm³/mol. The van der Waals surface area contributed by atoms with Gasteiger partial charge < -0.3 is 19.4 Å². The van der Waals surface area contributed by atoms with Gasteiger partial charge in [-0.15, -0.1) is 0 Å². The Balaban J connectivity index is 1.39. The van der Waals surface area contributed by atoms with Gasteiger partial charge in [0.05, 0.1) is 24.7 Å². The van der Waals surface area contributed by atoms with E-state index in [9.17, 15) is 4.79 Å². The summed E-state index contributed by atoms with van der Waals surface area (Å²) in [6.07, 6.45) is 1.64. The van der Waals surface area contributed by atoms with E-state index >= 15 is 0 Å². The number of aromatic nitrogens is 2. The molecular weight excluding hydrogens is 414 g/mol. The molecule has 0 unspecified atom stereocenters. The first-order valence-electron chi connectivity index (χ1n) is 11.3. The minimum atomic E-state index is -0.112. The van der Waals surface area contributed by atoms with Crippen molar-refractivity contribution in [2.45, 2.75) is 26.3 Å². The summed E-state index contributed by atoms with van der Waals surface area (Å²) >= 11 is 0. The number of imidazole rings is 1. The number of methoxy groups -OCH3 is 1. The second kappa shape index (κ2) is 10.7. The van der Waals surface area contributed by atoms with E-state index < -0.39 is 0 Å². The van der Waals surface area contributed by atoms with Crippen LogP contribution in [0.2, 0.25) is 0 Å². The van der Waals surface area contributed by atoms with Gasteiger partial charge in [-0.1, -0.05) is 31.2 Å². The normalized spacial score (nSPS) is 10.8. The van der Waals surface area contributed by atoms with Crippen LogP contribution in [0.5, 0.6) is 11.5 Å². The van der Waals surface area contributed by atoms with Gasteiger partial charge in [0.2, 0.25) is 0 Å². The summed E-state index contributed by atoms with van der Waals surface area (Å²) in [6, 6.07) is 23.4. The van der Waals surface area contributed by atoms with E-state index in [1.165, 1.54) is 5.56 Å². The number of benzene rings is 3. The molecule has 0 aliphatic rings. The zero-order valence-corrected chi connectivity index (χ0v) is 19.1. The van der Waals surface area contributed by atoms with Gasteiger partial charge in [0.15, 0.2) is 0 Å². The van der Waals surface area contributed by atoms with Crippen molar-refractivity contribution in [1.29, 1.82) is 0 Å². The van der Waals surface area contributed by atoms with Crippen LogP contribution in [0.3, 0.4) is 0 Å². The molecule has 1 aromatic heterocycles. The van der Waals surface area contributed by atoms with Crippen molar-refractivity contribution in [2.75, 3.05) is 20.3 Å². The van der Waals surface area contributed by atoms with Gasteiger partial charge in [0, 0.05) is 18.5 Å². The zero-order valence-electron chi connectivity index (χ0n) is 19.1. The number of nitrogens with one attached hydrogen (secondary N) is 1. The van der Waals surface area contributed by atoms with Gasteiger partial charge in [-0.2, -0.15) is 0 Å². The monoisotopic (exact) mass is 443 g/mol. The highest BCUT2D eigenvalue weighted by Gasteiger charge is 2.12. The standard InChI is InChI=1S/C27H29N3O3/c1-3-20-8-12-23(13-9-20)33-19-18-30-25-7-5-4-6-24(25)29-26(30)16-17-28-27(31)21-10-14-22(32-2)15-11-21/h4-15H,3,16-19H2,1-2H3,(H,28,31). The van der Waals surface area contributed by atoms with Crippen molar-refractivity contribution in [3.8, 4) is 11.5 Å². The lowest BCUT2D eigenvalue weighted by Gasteiger charge is -2.12. The summed E-state index contributed by atoms with van der Waals surface area (Å²) in [5.41, 5.74) is 3.91. The zero-order chi connectivity index (χ0) is 23.0. The number of carbonyl (C=O) groups excluding carboxylic acids is 1. The minimum absolute atomic E-state index is 0.112. The maximum absolute atomic E-state index is 12.5. The smallest absolute Gasteiger partial charge is 0.251 e. The number of fused-ring (bicyclic) bond motifs is 1. The Morgan fingerprint density at radius 2 is 1.70 bits per heavy atom. The summed E-state index contributed by atoms with van der Waals surface area (Å²) in [6.45, 7) is 3.85. The Hall–Kier alpha value is -3.80. The van der Waals surface area contributed by atoms with Crippen LogP contribution < -0.4 is 14.8 Å². The third kappa shape index (κ3) is 5.52. The van der Waals surface area contributed by atoms with Gasteiger partial charge in [-0.05, 0) is 60.5 Å². The molecule has 0 saturated heterocycles. The van der Waals surface area contributed by atoms with E-state index in [2.05, 4.69) is 35.0 Å². The van der Waals surface area contributed by atoms with Gasteiger partial charge >= 0.3 is 0 Å². The van der Waals surface area contributed by atoms with E-state index in [1.54, 1.807) is 31.4 Å². The number of hydrogen-bond acceptors (Lipinski definition) is 4. The average molecular weight is 444 g/mol. The number of nitrogens with zero attached hydrogens (tertiary/aromatic N) is 2. The summed E-state index contributed by atoms with van der Waals surface area (Å²) in [7, 11) is 1.61. The lowest BCUT2D eigenvalue weighted by atomic mass is 10.2. The quantitative estimate of drug-likeness (QED) is 0.387. The summed E-state index contributed by atoms with van der Waals surface area (Å²) in [5, 5.41) is 2.98. The van der Waals surface area contributed by atoms with Crippen molar-refractivity contribution < 1.29 is 14.3 Å². The van der Waals surface area contributed by atoms with E-state index in [0.717, 1.165) is 34.8 Å². The number of amides is 1. The van der Waals surface area contributed by atoms with Gasteiger partial charge in [0.1, 0.15) is 23.9 Å². The minimum Gasteiger partial charge on any atom is -0.497 e. The summed E-state index contributed by atoms with van der Waals surface area (Å²) < 4.78 is 13.3. The molecule has 0 bridgehead atoms. The molecule has 170 valence electrons. The molecule has 1 heterocycles. The first-order valence-corrected chi connectivity index (χ1v) is 11.3. The Morgan fingerprint density at radius 1 is 0.970 bits per heavy atom. The van der Waals surface area contributed by atoms with Crippen LogP contribution in [-0.4, -0.2) is 35.7 Å². The fraction of sp³-hybridized carbons (Fsp3) is 0.259. The summed E-state index contributed by atoms with van der Waals surface area (Å²) in [5.74, 6) is 2.41. The number of aryl methyl sites for hydroxylation is 1. The van der Waals surface area contributed by atoms with E-state index in [-0.39, 0.29) is 5.91 Å². The Morgan fingerprint density at radius 3 is 2.42 bits per heavy atom. The largest absolute Gasteiger partial charge is 0.497 e. The third-order valence-electron chi connectivity index (χ3n) is 5.64. The molecule has 0 fully saturated rings. The number of para-hydroxylation sites is 2. The highest BCUT2D eigenvalue weighted by molar-refractivity contribution is 5.94. The fourth-order valence-corrected chi connectivity index (χ4v) is 3.77. The van der Waals surface area contributed by atoms with E-state index in [1.807, 2.05) is 30.3 Å². The first-order chi connectivity index (χ1) is 16.2. The molecule has 0 saturated carbocycles. The second-order valence-corrected chi connectivity index (χ2v) is 7.75. The summed E-state index contributed by atoms with van der Waals surface area (Å²) in [4.78, 5) is 17.3. The second-order valence-electron chi connectivity index (χ2n) is 7.75. The highest BCUT2D eigenvalue weighted by atomic mass is 16.5. The molecule has 0 aliphatic heterocycles. The molecule has 3 aromatic carbocycles. The van der Waals surface area contributed by atoms with Crippen molar-refractivity contribution in [3.05, 3.63) is 89.7 Å². The Labute approximate surface area is 194 Å². The maximum Gasteiger partial charge on any atom is 0.251 e. The molecular formula is C27H29N3O3. The SMILES string of the molecule is CCc1ccc(OCCn2c(CCNC(=O)c3ccc(OC)cc3)nc3ccccc32)cc1. The lowest BCUT2D eigenvalue weighted by molar-refractivity contribution is 0.0954. The van der Waals surface area contributed by atoms with E-state index in [0.29, 0.717) is 31.7 Å². The number of hydrogen-bond donors (Lipinski definition) is 1. The molecule has 0 atom stereocenters. The fourth-order valence-electron chi connectivity index (χ4n) is 3.77. The molecule has 0 aliphatic carbocycles. The molecule has 6 nitrogen and oxygen atoms in total. The molecule has 1 amide bonds. The molecule has 4 rings (SSSR count). The van der Waals surface area contributed by atoms with E-state index in [4.69, 9.17) is 14.5 Å². The van der Waals surface area contributed by atoms with Crippen LogP contribution in [0.15, 0.2) is 72.8 Å². The molecule has 6 heteroatoms. The van der Waals surface area contributed by atoms with Crippen molar-refractivity contribution in [2.24, 2.45) is 0 Å². The van der Waals surface area contributed by atoms with Gasteiger partial charge in [0.25, 0.3) is 5.91 Å². The number of ether oxygens (including phenoxy) is 2. The van der Waals surface area contributed by atoms with Crippen LogP contribution in [0.4, 0.5) is 0 Å². The molecule has 1 N–H and O–H groups in total.